The van der Waals surface area contributed by atoms with E-state index in [-0.39, 0.29) is 23.0 Å². The largest absolute Gasteiger partial charge is 0.311 e. The van der Waals surface area contributed by atoms with Gasteiger partial charge < -0.3 is 9.47 Å². The third kappa shape index (κ3) is 4.84. The Morgan fingerprint density at radius 1 is 0.431 bits per heavy atom. The number of aromatic nitrogens is 1. The van der Waals surface area contributed by atoms with Crippen LogP contribution < -0.4 is 21.3 Å². The van der Waals surface area contributed by atoms with Crippen molar-refractivity contribution in [1.29, 1.82) is 0 Å². The lowest BCUT2D eigenvalue weighted by Gasteiger charge is -2.38. The van der Waals surface area contributed by atoms with Gasteiger partial charge in [-0.15, -0.1) is 0 Å². The van der Waals surface area contributed by atoms with Crippen LogP contribution in [0.4, 0.5) is 17.1 Å². The van der Waals surface area contributed by atoms with Crippen LogP contribution in [-0.2, 0) is 16.2 Å². The maximum Gasteiger partial charge on any atom is 0.248 e. The van der Waals surface area contributed by atoms with Crippen molar-refractivity contribution in [1.82, 2.24) is 4.57 Å². The van der Waals surface area contributed by atoms with E-state index in [1.165, 1.54) is 88.8 Å². The minimum Gasteiger partial charge on any atom is -0.311 e. The highest BCUT2D eigenvalue weighted by molar-refractivity contribution is 7.01. The van der Waals surface area contributed by atoms with E-state index in [0.717, 1.165) is 0 Å². The van der Waals surface area contributed by atoms with Gasteiger partial charge in [0.15, 0.2) is 0 Å². The number of nitrogens with zero attached hydrogens (tertiary/aromatic N) is 2. The molecule has 0 saturated heterocycles. The van der Waals surface area contributed by atoms with Crippen molar-refractivity contribution >= 4 is 62.0 Å². The van der Waals surface area contributed by atoms with Crippen LogP contribution in [0, 0.1) is 0 Å². The number of anilines is 3. The molecule has 0 atom stereocenters. The quantitative estimate of drug-likeness (QED) is 0.167. The maximum absolute atomic E-state index is 2.59. The van der Waals surface area contributed by atoms with Crippen LogP contribution in [0.1, 0.15) is 79.0 Å². The highest BCUT2D eigenvalue weighted by Gasteiger charge is 2.44. The minimum absolute atomic E-state index is 0.0133. The van der Waals surface area contributed by atoms with Crippen molar-refractivity contribution < 1.29 is 0 Å². The number of fused-ring (bicyclic) bond motifs is 8. The van der Waals surface area contributed by atoms with Gasteiger partial charge in [0.05, 0.1) is 11.0 Å². The molecule has 0 N–H and O–H groups in total. The van der Waals surface area contributed by atoms with Crippen LogP contribution in [0.3, 0.4) is 0 Å². The van der Waals surface area contributed by atoms with E-state index >= 15 is 0 Å². The Bertz CT molecular complexity index is 2490. The molecule has 2 aliphatic rings. The summed E-state index contributed by atoms with van der Waals surface area (Å²) in [4.78, 5) is 2.59. The molecule has 0 fully saturated rings. The zero-order valence-electron chi connectivity index (χ0n) is 31.5. The van der Waals surface area contributed by atoms with Crippen molar-refractivity contribution in [2.75, 3.05) is 4.90 Å². The Hall–Kier alpha value is -5.02. The third-order valence-electron chi connectivity index (χ3n) is 11.5. The molecule has 0 aliphatic carbocycles. The summed E-state index contributed by atoms with van der Waals surface area (Å²) >= 11 is 0. The molecule has 2 aliphatic heterocycles. The Balaban J connectivity index is 1.43. The van der Waals surface area contributed by atoms with Gasteiger partial charge >= 0.3 is 0 Å². The van der Waals surface area contributed by atoms with Gasteiger partial charge in [-0.3, -0.25) is 0 Å². The lowest BCUT2D eigenvalue weighted by atomic mass is 9.37. The second-order valence-electron chi connectivity index (χ2n) is 17.9. The molecule has 3 heterocycles. The first-order valence-corrected chi connectivity index (χ1v) is 18.6. The maximum atomic E-state index is 2.59. The van der Waals surface area contributed by atoms with Gasteiger partial charge in [0.1, 0.15) is 0 Å². The molecule has 2 nitrogen and oxygen atoms in total. The predicted octanol–water partition coefficient (Wildman–Crippen LogP) is 11.0. The molecule has 6 aromatic carbocycles. The molecule has 252 valence electrons. The Labute approximate surface area is 303 Å². The first kappa shape index (κ1) is 31.9. The highest BCUT2D eigenvalue weighted by Crippen LogP contribution is 2.45. The van der Waals surface area contributed by atoms with Crippen molar-refractivity contribution in [3.05, 3.63) is 138 Å². The standard InChI is InChI=1S/C48H47BN2/c1-46(2,3)30-15-14-16-33(25-30)50-43-27-32(48(7,8)9)22-24-40(43)49-39-23-21-31(47(4,5)6)26-37(39)38-28-34(29-44(50)45(38)49)51-41-19-12-10-17-35(41)36-18-11-13-20-42(36)51/h10-29H,1-9H3. The molecule has 3 heteroatoms. The Kier molecular flexibility index (Phi) is 6.73. The average Bonchev–Trinajstić information content (AvgIpc) is 3.60. The van der Waals surface area contributed by atoms with E-state index in [1.807, 2.05) is 0 Å². The molecule has 9 rings (SSSR count). The van der Waals surface area contributed by atoms with E-state index in [2.05, 4.69) is 193 Å². The fourth-order valence-corrected chi connectivity index (χ4v) is 8.62. The molecule has 51 heavy (non-hydrogen) atoms. The number of para-hydroxylation sites is 2. The molecule has 7 aromatic rings. The van der Waals surface area contributed by atoms with Crippen molar-refractivity contribution in [2.24, 2.45) is 0 Å². The Morgan fingerprint density at radius 2 is 1.00 bits per heavy atom. The van der Waals surface area contributed by atoms with Gasteiger partial charge in [0.25, 0.3) is 0 Å². The first-order valence-electron chi connectivity index (χ1n) is 18.6. The monoisotopic (exact) mass is 662 g/mol. The minimum atomic E-state index is 0.0133. The van der Waals surface area contributed by atoms with Crippen LogP contribution in [0.25, 0.3) is 38.6 Å². The van der Waals surface area contributed by atoms with Crippen LogP contribution in [0.15, 0.2) is 121 Å². The molecular weight excluding hydrogens is 615 g/mol. The normalized spacial score (nSPS) is 13.9. The molecule has 0 unspecified atom stereocenters. The van der Waals surface area contributed by atoms with Gasteiger partial charge in [-0.2, -0.15) is 0 Å². The van der Waals surface area contributed by atoms with Gasteiger partial charge in [0.2, 0.25) is 6.71 Å². The molecule has 1 aromatic heterocycles. The summed E-state index contributed by atoms with van der Waals surface area (Å²) in [6.45, 7) is 21.1. The molecule has 0 saturated carbocycles. The smallest absolute Gasteiger partial charge is 0.248 e. The van der Waals surface area contributed by atoms with E-state index in [0.29, 0.717) is 0 Å². The van der Waals surface area contributed by atoms with Crippen LogP contribution in [0.5, 0.6) is 0 Å². The number of rotatable bonds is 2. The molecule has 0 spiro atoms. The topological polar surface area (TPSA) is 8.17 Å². The van der Waals surface area contributed by atoms with E-state index < -0.39 is 0 Å². The van der Waals surface area contributed by atoms with Crippen molar-refractivity contribution in [2.45, 2.75) is 78.6 Å². The molecular formula is C48H47BN2. The summed E-state index contributed by atoms with van der Waals surface area (Å²) in [5, 5.41) is 2.57. The fraction of sp³-hybridized carbons (Fsp3) is 0.250. The summed E-state index contributed by atoms with van der Waals surface area (Å²) in [6, 6.07) is 46.6. The fourth-order valence-electron chi connectivity index (χ4n) is 8.62. The third-order valence-corrected chi connectivity index (χ3v) is 11.5. The van der Waals surface area contributed by atoms with Crippen LogP contribution in [0.2, 0.25) is 0 Å². The zero-order chi connectivity index (χ0) is 35.6. The zero-order valence-corrected chi connectivity index (χ0v) is 31.5. The van der Waals surface area contributed by atoms with E-state index in [1.54, 1.807) is 0 Å². The second-order valence-corrected chi connectivity index (χ2v) is 17.9. The lowest BCUT2D eigenvalue weighted by Crippen LogP contribution is -2.55. The number of hydrogen-bond donors (Lipinski definition) is 0. The summed E-state index contributed by atoms with van der Waals surface area (Å²) in [5.41, 5.74) is 18.5. The van der Waals surface area contributed by atoms with Crippen molar-refractivity contribution in [3.63, 3.8) is 0 Å². The summed E-state index contributed by atoms with van der Waals surface area (Å²) < 4.78 is 2.49. The summed E-state index contributed by atoms with van der Waals surface area (Å²) in [7, 11) is 0. The number of benzene rings is 6. The Morgan fingerprint density at radius 3 is 1.63 bits per heavy atom. The summed E-state index contributed by atoms with van der Waals surface area (Å²) in [6.07, 6.45) is 0. The molecule has 0 bridgehead atoms. The predicted molar refractivity (Wildman–Crippen MR) is 222 cm³/mol. The van der Waals surface area contributed by atoms with E-state index in [9.17, 15) is 0 Å². The lowest BCUT2D eigenvalue weighted by molar-refractivity contribution is 0.590. The van der Waals surface area contributed by atoms with Gasteiger partial charge in [0, 0.05) is 33.5 Å². The summed E-state index contributed by atoms with van der Waals surface area (Å²) in [5.74, 6) is 0. The molecule has 0 radical (unpaired) electrons. The van der Waals surface area contributed by atoms with Gasteiger partial charge in [-0.25, -0.2) is 0 Å². The average molecular weight is 663 g/mol. The van der Waals surface area contributed by atoms with Crippen LogP contribution >= 0.6 is 0 Å². The van der Waals surface area contributed by atoms with Crippen LogP contribution in [-0.4, -0.2) is 11.3 Å². The van der Waals surface area contributed by atoms with Gasteiger partial charge in [-0.1, -0.05) is 147 Å². The SMILES string of the molecule is CC(C)(C)c1cccc(N2c3cc(C(C)(C)C)ccc3B3c4ccc(C(C)(C)C)cc4-c4cc(-n5c6ccccc6c6ccccc65)cc2c43)c1. The van der Waals surface area contributed by atoms with E-state index in [4.69, 9.17) is 0 Å². The van der Waals surface area contributed by atoms with Crippen molar-refractivity contribution in [3.8, 4) is 16.8 Å². The van der Waals surface area contributed by atoms with Gasteiger partial charge in [-0.05, 0) is 97.5 Å². The first-order chi connectivity index (χ1) is 24.2. The molecule has 0 amide bonds. The second kappa shape index (κ2) is 10.7. The highest BCUT2D eigenvalue weighted by atomic mass is 15.2. The number of hydrogen-bond acceptors (Lipinski definition) is 1.